The topological polar surface area (TPSA) is 86.2 Å². The Morgan fingerprint density at radius 1 is 0.514 bits per heavy atom. The summed E-state index contributed by atoms with van der Waals surface area (Å²) in [6.07, 6.45) is 28.1. The molecule has 0 rings (SSSR count). The van der Waals surface area contributed by atoms with E-state index in [1.165, 1.54) is 116 Å². The molecular weight excluding hydrogens is 432 g/mol. The summed E-state index contributed by atoms with van der Waals surface area (Å²) in [5.41, 5.74) is 11.5. The molecule has 4 N–H and O–H groups in total. The fraction of sp³-hybridized carbons (Fsp3) is 0.935. The molecule has 0 fully saturated rings. The van der Waals surface area contributed by atoms with E-state index in [1.54, 1.807) is 0 Å². The first-order valence-electron chi connectivity index (χ1n) is 15.5. The summed E-state index contributed by atoms with van der Waals surface area (Å²) in [6.45, 7) is 6.60. The fourth-order valence-corrected chi connectivity index (χ4v) is 5.43. The second kappa shape index (κ2) is 24.6. The lowest BCUT2D eigenvalue weighted by atomic mass is 9.80. The lowest BCUT2D eigenvalue weighted by Crippen LogP contribution is -2.32. The van der Waals surface area contributed by atoms with Crippen LogP contribution in [0, 0.1) is 17.8 Å². The number of rotatable bonds is 27. The minimum atomic E-state index is -0.213. The smallest absolute Gasteiger partial charge is 0.220 e. The van der Waals surface area contributed by atoms with Crippen molar-refractivity contribution in [2.45, 2.75) is 168 Å². The highest BCUT2D eigenvalue weighted by atomic mass is 16.1. The molecule has 0 bridgehead atoms. The van der Waals surface area contributed by atoms with E-state index in [4.69, 9.17) is 11.5 Å². The van der Waals surface area contributed by atoms with Crippen molar-refractivity contribution < 1.29 is 9.59 Å². The molecule has 3 unspecified atom stereocenters. The van der Waals surface area contributed by atoms with Gasteiger partial charge in [0.05, 0.1) is 0 Å². The summed E-state index contributed by atoms with van der Waals surface area (Å²) < 4.78 is 0. The molecule has 0 aliphatic carbocycles. The van der Waals surface area contributed by atoms with Crippen molar-refractivity contribution >= 4 is 11.8 Å². The third-order valence-electron chi connectivity index (χ3n) is 7.89. The molecule has 0 heterocycles. The molecule has 4 nitrogen and oxygen atoms in total. The van der Waals surface area contributed by atoms with Crippen molar-refractivity contribution in [3.05, 3.63) is 0 Å². The van der Waals surface area contributed by atoms with Gasteiger partial charge in [-0.2, -0.15) is 0 Å². The maximum atomic E-state index is 12.1. The van der Waals surface area contributed by atoms with Gasteiger partial charge in [0.25, 0.3) is 0 Å². The standard InChI is InChI=1S/C31H62N2O2/c1-4-6-8-10-12-14-16-18-20-22-24-28(30(32)34)26-27(3)29(31(33)35)25-23-21-19-17-15-13-11-9-7-5-2/h27-29H,4-26H2,1-3H3,(H2,32,34)(H2,33,35). The molecule has 0 aliphatic rings. The third-order valence-corrected chi connectivity index (χ3v) is 7.89. The molecule has 0 aromatic rings. The minimum Gasteiger partial charge on any atom is -0.369 e. The number of carbonyl (C=O) groups is 2. The summed E-state index contributed by atoms with van der Waals surface area (Å²) in [7, 11) is 0. The van der Waals surface area contributed by atoms with E-state index >= 15 is 0 Å². The number of carbonyl (C=O) groups excluding carboxylic acids is 2. The van der Waals surface area contributed by atoms with E-state index < -0.39 is 0 Å². The number of amides is 2. The van der Waals surface area contributed by atoms with E-state index in [9.17, 15) is 9.59 Å². The quantitative estimate of drug-likeness (QED) is 0.112. The van der Waals surface area contributed by atoms with Gasteiger partial charge in [-0.3, -0.25) is 9.59 Å². The van der Waals surface area contributed by atoms with Crippen LogP contribution in [0.1, 0.15) is 168 Å². The zero-order chi connectivity index (χ0) is 26.2. The van der Waals surface area contributed by atoms with Crippen LogP contribution in [0.25, 0.3) is 0 Å². The van der Waals surface area contributed by atoms with Crippen LogP contribution >= 0.6 is 0 Å². The Bertz CT molecular complexity index is 494. The van der Waals surface area contributed by atoms with Gasteiger partial charge in [-0.1, -0.05) is 149 Å². The van der Waals surface area contributed by atoms with Crippen LogP contribution in [0.15, 0.2) is 0 Å². The SMILES string of the molecule is CCCCCCCCCCCCC(CC(C)C(CCCCCCCCCCCC)C(N)=O)C(N)=O. The van der Waals surface area contributed by atoms with E-state index in [2.05, 4.69) is 20.8 Å². The number of hydrogen-bond acceptors (Lipinski definition) is 2. The van der Waals surface area contributed by atoms with Crippen molar-refractivity contribution in [3.63, 3.8) is 0 Å². The number of nitrogens with two attached hydrogens (primary N) is 2. The van der Waals surface area contributed by atoms with E-state index in [-0.39, 0.29) is 29.6 Å². The molecule has 0 aromatic heterocycles. The van der Waals surface area contributed by atoms with Gasteiger partial charge in [-0.05, 0) is 25.2 Å². The molecule has 0 saturated carbocycles. The van der Waals surface area contributed by atoms with E-state index in [0.717, 1.165) is 25.7 Å². The van der Waals surface area contributed by atoms with Gasteiger partial charge in [0, 0.05) is 11.8 Å². The highest BCUT2D eigenvalue weighted by molar-refractivity contribution is 5.78. The first-order chi connectivity index (χ1) is 16.9. The van der Waals surface area contributed by atoms with Crippen LogP contribution in [0.4, 0.5) is 0 Å². The van der Waals surface area contributed by atoms with Gasteiger partial charge in [-0.15, -0.1) is 0 Å². The normalized spacial score (nSPS) is 14.0. The summed E-state index contributed by atoms with van der Waals surface area (Å²) >= 11 is 0. The molecule has 0 radical (unpaired) electrons. The Morgan fingerprint density at radius 3 is 1.20 bits per heavy atom. The monoisotopic (exact) mass is 494 g/mol. The predicted molar refractivity (Wildman–Crippen MR) is 152 cm³/mol. The molecule has 0 aromatic carbocycles. The van der Waals surface area contributed by atoms with Crippen molar-refractivity contribution in [3.8, 4) is 0 Å². The summed E-state index contributed by atoms with van der Waals surface area (Å²) in [4.78, 5) is 24.2. The number of hydrogen-bond donors (Lipinski definition) is 2. The highest BCUT2D eigenvalue weighted by Crippen LogP contribution is 2.28. The molecule has 0 saturated heterocycles. The van der Waals surface area contributed by atoms with Crippen LogP contribution in [-0.4, -0.2) is 11.8 Å². The molecule has 2 amide bonds. The molecule has 0 spiro atoms. The maximum Gasteiger partial charge on any atom is 0.220 e. The van der Waals surface area contributed by atoms with Gasteiger partial charge in [0.15, 0.2) is 0 Å². The second-order valence-corrected chi connectivity index (χ2v) is 11.3. The molecule has 4 heteroatoms. The van der Waals surface area contributed by atoms with Crippen LogP contribution in [0.2, 0.25) is 0 Å². The average molecular weight is 495 g/mol. The zero-order valence-corrected chi connectivity index (χ0v) is 24.0. The first-order valence-corrected chi connectivity index (χ1v) is 15.5. The second-order valence-electron chi connectivity index (χ2n) is 11.3. The highest BCUT2D eigenvalue weighted by Gasteiger charge is 2.27. The first kappa shape index (κ1) is 33.9. The lowest BCUT2D eigenvalue weighted by molar-refractivity contribution is -0.126. The van der Waals surface area contributed by atoms with Gasteiger partial charge in [0.1, 0.15) is 0 Å². The van der Waals surface area contributed by atoms with Gasteiger partial charge in [0.2, 0.25) is 11.8 Å². The van der Waals surface area contributed by atoms with Crippen molar-refractivity contribution in [2.75, 3.05) is 0 Å². The molecule has 0 aliphatic heterocycles. The maximum absolute atomic E-state index is 12.1. The number of primary amides is 2. The van der Waals surface area contributed by atoms with Crippen LogP contribution in [-0.2, 0) is 9.59 Å². The van der Waals surface area contributed by atoms with E-state index in [1.807, 2.05) is 0 Å². The third kappa shape index (κ3) is 20.8. The van der Waals surface area contributed by atoms with Crippen LogP contribution in [0.3, 0.4) is 0 Å². The molecule has 35 heavy (non-hydrogen) atoms. The Labute approximate surface area is 219 Å². The van der Waals surface area contributed by atoms with Crippen molar-refractivity contribution in [1.29, 1.82) is 0 Å². The summed E-state index contributed by atoms with van der Waals surface area (Å²) in [5, 5.41) is 0. The fourth-order valence-electron chi connectivity index (χ4n) is 5.43. The minimum absolute atomic E-state index is 0.117. The summed E-state index contributed by atoms with van der Waals surface area (Å²) in [5.74, 6) is -0.579. The Kier molecular flexibility index (Phi) is 23.9. The lowest BCUT2D eigenvalue weighted by Gasteiger charge is -2.24. The van der Waals surface area contributed by atoms with Crippen LogP contribution in [0.5, 0.6) is 0 Å². The predicted octanol–water partition coefficient (Wildman–Crippen LogP) is 8.84. The molecule has 3 atom stereocenters. The summed E-state index contributed by atoms with van der Waals surface area (Å²) in [6, 6.07) is 0. The van der Waals surface area contributed by atoms with Gasteiger partial charge >= 0.3 is 0 Å². The average Bonchev–Trinajstić information content (AvgIpc) is 2.82. The van der Waals surface area contributed by atoms with Crippen molar-refractivity contribution in [1.82, 2.24) is 0 Å². The van der Waals surface area contributed by atoms with Crippen molar-refractivity contribution in [2.24, 2.45) is 29.2 Å². The van der Waals surface area contributed by atoms with Gasteiger partial charge < -0.3 is 11.5 Å². The Balaban J connectivity index is 4.07. The van der Waals surface area contributed by atoms with Crippen LogP contribution < -0.4 is 11.5 Å². The van der Waals surface area contributed by atoms with E-state index in [0.29, 0.717) is 6.42 Å². The zero-order valence-electron chi connectivity index (χ0n) is 24.0. The van der Waals surface area contributed by atoms with Gasteiger partial charge in [-0.25, -0.2) is 0 Å². The number of unbranched alkanes of at least 4 members (excludes halogenated alkanes) is 18. The Hall–Kier alpha value is -1.06. The molecule has 208 valence electrons. The Morgan fingerprint density at radius 2 is 0.857 bits per heavy atom. The molecular formula is C31H62N2O2. The largest absolute Gasteiger partial charge is 0.369 e.